The van der Waals surface area contributed by atoms with Crippen molar-refractivity contribution in [3.05, 3.63) is 59.1 Å². The van der Waals surface area contributed by atoms with E-state index in [1.165, 1.54) is 26.0 Å². The average molecular weight is 451 g/mol. The summed E-state index contributed by atoms with van der Waals surface area (Å²) in [6.45, 7) is 2.42. The van der Waals surface area contributed by atoms with E-state index in [1.807, 2.05) is 24.3 Å². The maximum atomic E-state index is 12.2. The van der Waals surface area contributed by atoms with Crippen LogP contribution in [-0.4, -0.2) is 42.3 Å². The zero-order valence-electron chi connectivity index (χ0n) is 17.0. The van der Waals surface area contributed by atoms with Gasteiger partial charge in [0, 0.05) is 40.4 Å². The van der Waals surface area contributed by atoms with Crippen molar-refractivity contribution >= 4 is 51.9 Å². The van der Waals surface area contributed by atoms with Gasteiger partial charge in [0.15, 0.2) is 5.13 Å². The number of carbonyl (C=O) groups is 1. The first kappa shape index (κ1) is 20.0. The Morgan fingerprint density at radius 3 is 2.61 bits per heavy atom. The van der Waals surface area contributed by atoms with Gasteiger partial charge in [-0.15, -0.1) is 11.3 Å². The smallest absolute Gasteiger partial charge is 0.334 e. The number of benzene rings is 2. The Balaban J connectivity index is 1.22. The Bertz CT molecular complexity index is 1100. The summed E-state index contributed by atoms with van der Waals surface area (Å²) in [6, 6.07) is 16.2. The zero-order chi connectivity index (χ0) is 21.2. The molecule has 2 aliphatic rings. The molecule has 0 fully saturated rings. The number of rotatable bonds is 4. The lowest BCUT2D eigenvalue weighted by Gasteiger charge is -2.31. The van der Waals surface area contributed by atoms with Crippen LogP contribution >= 0.6 is 23.1 Å². The van der Waals surface area contributed by atoms with Crippen molar-refractivity contribution in [3.8, 4) is 0 Å². The third kappa shape index (κ3) is 4.30. The highest BCUT2D eigenvalue weighted by molar-refractivity contribution is 7.99. The molecule has 0 saturated heterocycles. The van der Waals surface area contributed by atoms with E-state index in [0.29, 0.717) is 11.7 Å². The summed E-state index contributed by atoms with van der Waals surface area (Å²) >= 11 is 3.29. The Kier molecular flexibility index (Phi) is 5.63. The van der Waals surface area contributed by atoms with E-state index in [1.54, 1.807) is 18.0 Å². The average Bonchev–Trinajstić information content (AvgIpc) is 3.17. The lowest BCUT2D eigenvalue weighted by Crippen LogP contribution is -2.27. The summed E-state index contributed by atoms with van der Waals surface area (Å²) in [5.41, 5.74) is 5.92. The first-order valence-electron chi connectivity index (χ1n) is 10.1. The molecule has 2 N–H and O–H groups in total. The molecule has 158 valence electrons. The highest BCUT2D eigenvalue weighted by Crippen LogP contribution is 2.47. The number of hydrogen-bond donors (Lipinski definition) is 2. The Morgan fingerprint density at radius 2 is 1.87 bits per heavy atom. The molecule has 0 bridgehead atoms. The second kappa shape index (κ2) is 8.70. The summed E-state index contributed by atoms with van der Waals surface area (Å²) in [6.07, 6.45) is 2.63. The van der Waals surface area contributed by atoms with Crippen LogP contribution in [0.15, 0.2) is 63.4 Å². The van der Waals surface area contributed by atoms with Crippen LogP contribution in [0.2, 0.25) is 0 Å². The van der Waals surface area contributed by atoms with E-state index in [2.05, 4.69) is 61.9 Å². The van der Waals surface area contributed by atoms with Crippen LogP contribution in [0.5, 0.6) is 0 Å². The van der Waals surface area contributed by atoms with Gasteiger partial charge in [-0.05, 0) is 31.3 Å². The minimum Gasteiger partial charge on any atom is -0.334 e. The van der Waals surface area contributed by atoms with Crippen LogP contribution < -0.4 is 15.6 Å². The van der Waals surface area contributed by atoms with Gasteiger partial charge in [-0.1, -0.05) is 36.0 Å². The third-order valence-corrected chi connectivity index (χ3v) is 7.32. The Morgan fingerprint density at radius 1 is 1.16 bits per heavy atom. The van der Waals surface area contributed by atoms with E-state index in [4.69, 9.17) is 0 Å². The molecule has 0 aliphatic carbocycles. The molecule has 2 aromatic carbocycles. The zero-order valence-corrected chi connectivity index (χ0v) is 18.7. The molecule has 0 radical (unpaired) electrons. The van der Waals surface area contributed by atoms with E-state index in [-0.39, 0.29) is 6.03 Å². The lowest BCUT2D eigenvalue weighted by molar-refractivity contribution is 0.252. The number of fused-ring (bicyclic) bond motifs is 3. The van der Waals surface area contributed by atoms with Gasteiger partial charge in [-0.3, -0.25) is 5.32 Å². The summed E-state index contributed by atoms with van der Waals surface area (Å²) in [5, 5.41) is 7.54. The lowest BCUT2D eigenvalue weighted by atomic mass is 10.2. The predicted molar refractivity (Wildman–Crippen MR) is 127 cm³/mol. The summed E-state index contributed by atoms with van der Waals surface area (Å²) < 4.78 is 0. The van der Waals surface area contributed by atoms with Crippen LogP contribution in [0, 0.1) is 0 Å². The molecule has 31 heavy (non-hydrogen) atoms. The number of nitrogens with zero attached hydrogens (tertiary/aromatic N) is 4. The van der Waals surface area contributed by atoms with Gasteiger partial charge in [0.05, 0.1) is 23.6 Å². The number of hydrogen-bond acceptors (Lipinski definition) is 7. The van der Waals surface area contributed by atoms with Gasteiger partial charge < -0.3 is 9.80 Å². The fourth-order valence-corrected chi connectivity index (χ4v) is 5.89. The van der Waals surface area contributed by atoms with Crippen LogP contribution in [0.4, 0.5) is 21.3 Å². The van der Waals surface area contributed by atoms with Crippen molar-refractivity contribution < 1.29 is 4.79 Å². The number of urea groups is 1. The normalized spacial score (nSPS) is 15.3. The fourth-order valence-electron chi connectivity index (χ4n) is 3.71. The maximum absolute atomic E-state index is 12.2. The molecule has 2 amide bonds. The molecule has 0 spiro atoms. The van der Waals surface area contributed by atoms with Crippen molar-refractivity contribution in [1.82, 2.24) is 15.3 Å². The van der Waals surface area contributed by atoms with Crippen molar-refractivity contribution in [2.24, 2.45) is 5.10 Å². The van der Waals surface area contributed by atoms with Gasteiger partial charge >= 0.3 is 6.03 Å². The molecule has 0 saturated carbocycles. The molecule has 9 heteroatoms. The summed E-state index contributed by atoms with van der Waals surface area (Å²) in [4.78, 5) is 24.9. The molecular weight excluding hydrogens is 428 g/mol. The SMILES string of the molecule is CN1CCc2nc(NC(=O)N/N=C/CN3c4ccccc4Sc4ccccc43)sc2C1. The highest BCUT2D eigenvalue weighted by Gasteiger charge is 2.22. The molecule has 3 heterocycles. The van der Waals surface area contributed by atoms with Crippen LogP contribution in [0.1, 0.15) is 10.6 Å². The molecular formula is C22H22N6OS2. The molecule has 3 aromatic rings. The maximum Gasteiger partial charge on any atom is 0.341 e. The molecule has 7 nitrogen and oxygen atoms in total. The number of likely N-dealkylation sites (N-methyl/N-ethyl adjacent to an activating group) is 1. The van der Waals surface area contributed by atoms with Crippen LogP contribution in [-0.2, 0) is 13.0 Å². The first-order valence-corrected chi connectivity index (χ1v) is 11.7. The number of carbonyl (C=O) groups excluding carboxylic acids is 1. The van der Waals surface area contributed by atoms with E-state index in [0.717, 1.165) is 36.6 Å². The highest BCUT2D eigenvalue weighted by atomic mass is 32.2. The topological polar surface area (TPSA) is 72.9 Å². The predicted octanol–water partition coefficient (Wildman–Crippen LogP) is 4.54. The van der Waals surface area contributed by atoms with E-state index < -0.39 is 0 Å². The van der Waals surface area contributed by atoms with Gasteiger partial charge in [0.1, 0.15) is 0 Å². The molecule has 0 atom stereocenters. The number of anilines is 3. The van der Waals surface area contributed by atoms with Crippen molar-refractivity contribution in [1.29, 1.82) is 0 Å². The minimum absolute atomic E-state index is 0.384. The van der Waals surface area contributed by atoms with Crippen LogP contribution in [0.3, 0.4) is 0 Å². The Labute approximate surface area is 189 Å². The minimum atomic E-state index is -0.384. The monoisotopic (exact) mass is 450 g/mol. The second-order valence-corrected chi connectivity index (χ2v) is 9.57. The van der Waals surface area contributed by atoms with Crippen molar-refractivity contribution in [2.45, 2.75) is 22.8 Å². The molecule has 2 aliphatic heterocycles. The van der Waals surface area contributed by atoms with Crippen molar-refractivity contribution in [2.75, 3.05) is 30.4 Å². The molecule has 1 aromatic heterocycles. The van der Waals surface area contributed by atoms with Gasteiger partial charge in [0.25, 0.3) is 0 Å². The Hall–Kier alpha value is -2.88. The number of amides is 2. The van der Waals surface area contributed by atoms with Gasteiger partial charge in [-0.2, -0.15) is 5.10 Å². The third-order valence-electron chi connectivity index (χ3n) is 5.20. The molecule has 0 unspecified atom stereocenters. The van der Waals surface area contributed by atoms with Gasteiger partial charge in [-0.25, -0.2) is 15.2 Å². The molecule has 5 rings (SSSR count). The largest absolute Gasteiger partial charge is 0.341 e. The van der Waals surface area contributed by atoms with Crippen LogP contribution in [0.25, 0.3) is 0 Å². The van der Waals surface area contributed by atoms with Crippen molar-refractivity contribution in [3.63, 3.8) is 0 Å². The first-order chi connectivity index (χ1) is 15.2. The number of aromatic nitrogens is 1. The second-order valence-electron chi connectivity index (χ2n) is 7.40. The summed E-state index contributed by atoms with van der Waals surface area (Å²) in [7, 11) is 2.09. The van der Waals surface area contributed by atoms with E-state index in [9.17, 15) is 4.79 Å². The number of nitrogens with one attached hydrogen (secondary N) is 2. The van der Waals surface area contributed by atoms with Gasteiger partial charge in [0.2, 0.25) is 0 Å². The number of para-hydroxylation sites is 2. The fraction of sp³-hybridized carbons (Fsp3) is 0.227. The quantitative estimate of drug-likeness (QED) is 0.451. The number of thiazole rings is 1. The standard InChI is InChI=1S/C22H22N6OS2/c1-27-12-10-15-20(14-27)31-22(24-15)25-21(29)26-23-11-13-28-16-6-2-4-8-18(16)30-19-9-5-3-7-17(19)28/h2-9,11H,10,12-14H2,1H3,(H2,24,25,26,29)/b23-11+. The summed E-state index contributed by atoms with van der Waals surface area (Å²) in [5.74, 6) is 0. The number of hydrazone groups is 1. The van der Waals surface area contributed by atoms with E-state index >= 15 is 0 Å².